The van der Waals surface area contributed by atoms with Crippen LogP contribution < -0.4 is 14.5 Å². The molecule has 136 valence electrons. The van der Waals surface area contributed by atoms with Gasteiger partial charge in [0.2, 0.25) is 0 Å². The van der Waals surface area contributed by atoms with E-state index in [0.717, 1.165) is 11.2 Å². The number of nitrogens with one attached hydrogen (secondary N) is 1. The van der Waals surface area contributed by atoms with Gasteiger partial charge in [0, 0.05) is 5.56 Å². The van der Waals surface area contributed by atoms with Crippen molar-refractivity contribution in [2.75, 3.05) is 39.2 Å². The fraction of sp³-hybridized carbons (Fsp3) is 0.263. The molecule has 0 spiro atoms. The number of aromatic nitrogens is 1. The van der Waals surface area contributed by atoms with Crippen LogP contribution in [0.25, 0.3) is 10.2 Å². The van der Waals surface area contributed by atoms with Crippen molar-refractivity contribution in [3.05, 3.63) is 53.8 Å². The molecule has 0 radical (unpaired) electrons. The summed E-state index contributed by atoms with van der Waals surface area (Å²) in [4.78, 5) is 20.3. The molecular weight excluding hydrogens is 353 g/mol. The minimum absolute atomic E-state index is 0.176. The number of fused-ring (bicyclic) bond motifs is 1. The first-order valence-electron chi connectivity index (χ1n) is 8.29. The van der Waals surface area contributed by atoms with Gasteiger partial charge in [-0.25, -0.2) is 9.37 Å². The summed E-state index contributed by atoms with van der Waals surface area (Å²) < 4.78 is 20.0. The van der Waals surface area contributed by atoms with Gasteiger partial charge in [0.05, 0.1) is 39.0 Å². The number of amides is 1. The highest BCUT2D eigenvalue weighted by Crippen LogP contribution is 2.31. The zero-order valence-electron chi connectivity index (χ0n) is 15.0. The van der Waals surface area contributed by atoms with Crippen molar-refractivity contribution in [2.24, 2.45) is 0 Å². The van der Waals surface area contributed by atoms with Gasteiger partial charge in [-0.1, -0.05) is 23.5 Å². The molecule has 0 fully saturated rings. The van der Waals surface area contributed by atoms with Gasteiger partial charge in [0.1, 0.15) is 17.1 Å². The second-order valence-electron chi connectivity index (χ2n) is 6.23. The van der Waals surface area contributed by atoms with Gasteiger partial charge < -0.3 is 9.64 Å². The number of carbonyl (C=O) groups is 1. The second kappa shape index (κ2) is 7.80. The van der Waals surface area contributed by atoms with Gasteiger partial charge in [-0.05, 0) is 30.3 Å². The average molecular weight is 374 g/mol. The second-order valence-corrected chi connectivity index (χ2v) is 7.24. The number of quaternary nitrogens is 1. The van der Waals surface area contributed by atoms with Gasteiger partial charge >= 0.3 is 0 Å². The number of ether oxygens (including phenoxy) is 1. The smallest absolute Gasteiger partial charge is 0.260 e. The molecule has 1 heterocycles. The number of hydrogen-bond donors (Lipinski definition) is 1. The van der Waals surface area contributed by atoms with Crippen molar-refractivity contribution in [1.29, 1.82) is 0 Å². The summed E-state index contributed by atoms with van der Waals surface area (Å²) in [6.45, 7) is 1.23. The molecule has 0 aliphatic heterocycles. The van der Waals surface area contributed by atoms with E-state index in [1.807, 2.05) is 20.2 Å². The third-order valence-corrected chi connectivity index (χ3v) is 5.03. The molecule has 1 aromatic heterocycles. The number of thiazole rings is 1. The monoisotopic (exact) mass is 374 g/mol. The largest absolute Gasteiger partial charge is 0.497 e. The van der Waals surface area contributed by atoms with E-state index in [4.69, 9.17) is 4.74 Å². The summed E-state index contributed by atoms with van der Waals surface area (Å²) >= 11 is 1.32. The van der Waals surface area contributed by atoms with E-state index in [0.29, 0.717) is 28.5 Å². The Hall–Kier alpha value is -2.51. The summed E-state index contributed by atoms with van der Waals surface area (Å²) in [5.41, 5.74) is 0.811. The fourth-order valence-electron chi connectivity index (χ4n) is 2.55. The SMILES string of the molecule is COc1cccc(C(=O)N(CC[NH+](C)C)c2nc3c(F)cccc3s2)c1. The number of methoxy groups -OCH3 is 1. The number of para-hydroxylation sites is 1. The number of carbonyl (C=O) groups excluding carboxylic acids is 1. The number of benzene rings is 2. The zero-order chi connectivity index (χ0) is 18.7. The van der Waals surface area contributed by atoms with Gasteiger partial charge in [-0.15, -0.1) is 0 Å². The molecule has 0 aliphatic carbocycles. The summed E-state index contributed by atoms with van der Waals surface area (Å²) in [6, 6.07) is 11.9. The number of hydrogen-bond acceptors (Lipinski definition) is 4. The quantitative estimate of drug-likeness (QED) is 0.720. The standard InChI is InChI=1S/C19H20FN3O2S/c1-22(2)10-11-23(18(24)13-6-4-7-14(12-13)25-3)19-21-17-15(20)8-5-9-16(17)26-19/h4-9,12H,10-11H2,1-3H3/p+1. The normalized spacial score (nSPS) is 11.1. The van der Waals surface area contributed by atoms with Crippen molar-refractivity contribution in [3.63, 3.8) is 0 Å². The Labute approximate surface area is 155 Å². The molecule has 7 heteroatoms. The summed E-state index contributed by atoms with van der Waals surface area (Å²) in [6.07, 6.45) is 0. The number of likely N-dealkylation sites (N-methyl/N-ethyl adjacent to an activating group) is 1. The third-order valence-electron chi connectivity index (χ3n) is 3.99. The van der Waals surface area contributed by atoms with Crippen molar-refractivity contribution in [1.82, 2.24) is 4.98 Å². The lowest BCUT2D eigenvalue weighted by Gasteiger charge is -2.21. The molecule has 0 aliphatic rings. The Morgan fingerprint density at radius 3 is 2.73 bits per heavy atom. The molecule has 0 unspecified atom stereocenters. The molecule has 0 saturated heterocycles. The van der Waals surface area contributed by atoms with E-state index in [2.05, 4.69) is 4.98 Å². The minimum Gasteiger partial charge on any atom is -0.497 e. The number of nitrogens with zero attached hydrogens (tertiary/aromatic N) is 2. The summed E-state index contributed by atoms with van der Waals surface area (Å²) in [5.74, 6) is 0.0611. The molecule has 3 aromatic rings. The first-order chi connectivity index (χ1) is 12.5. The molecule has 0 bridgehead atoms. The first kappa shape index (κ1) is 18.3. The molecule has 1 N–H and O–H groups in total. The van der Waals surface area contributed by atoms with Gasteiger partial charge in [-0.3, -0.25) is 9.69 Å². The van der Waals surface area contributed by atoms with Crippen LogP contribution in [-0.4, -0.2) is 45.2 Å². The van der Waals surface area contributed by atoms with Gasteiger partial charge in [0.25, 0.3) is 5.91 Å². The summed E-state index contributed by atoms with van der Waals surface area (Å²) in [7, 11) is 5.60. The Morgan fingerprint density at radius 2 is 2.04 bits per heavy atom. The maximum Gasteiger partial charge on any atom is 0.260 e. The van der Waals surface area contributed by atoms with Crippen molar-refractivity contribution in [3.8, 4) is 5.75 Å². The predicted molar refractivity (Wildman–Crippen MR) is 102 cm³/mol. The van der Waals surface area contributed by atoms with E-state index in [9.17, 15) is 9.18 Å². The highest BCUT2D eigenvalue weighted by atomic mass is 32.1. The Morgan fingerprint density at radius 1 is 1.27 bits per heavy atom. The third kappa shape index (κ3) is 3.84. The zero-order valence-corrected chi connectivity index (χ0v) is 15.8. The molecule has 2 aromatic carbocycles. The van der Waals surface area contributed by atoms with Crippen LogP contribution in [0.1, 0.15) is 10.4 Å². The van der Waals surface area contributed by atoms with Crippen molar-refractivity contribution >= 4 is 32.6 Å². The van der Waals surface area contributed by atoms with Crippen LogP contribution in [0.2, 0.25) is 0 Å². The average Bonchev–Trinajstić information content (AvgIpc) is 3.07. The van der Waals surface area contributed by atoms with Gasteiger partial charge in [-0.2, -0.15) is 0 Å². The number of halogens is 1. The number of anilines is 1. The molecule has 1 amide bonds. The molecule has 5 nitrogen and oxygen atoms in total. The van der Waals surface area contributed by atoms with Crippen LogP contribution in [0.4, 0.5) is 9.52 Å². The van der Waals surface area contributed by atoms with Crippen LogP contribution in [0, 0.1) is 5.82 Å². The highest BCUT2D eigenvalue weighted by Gasteiger charge is 2.23. The maximum absolute atomic E-state index is 14.0. The minimum atomic E-state index is -0.378. The number of rotatable bonds is 6. The molecule has 0 atom stereocenters. The molecular formula is C19H21FN3O2S+. The van der Waals surface area contributed by atoms with Crippen LogP contribution in [0.15, 0.2) is 42.5 Å². The Bertz CT molecular complexity index is 926. The van der Waals surface area contributed by atoms with E-state index in [1.54, 1.807) is 42.3 Å². The van der Waals surface area contributed by atoms with Crippen LogP contribution >= 0.6 is 11.3 Å². The molecule has 26 heavy (non-hydrogen) atoms. The molecule has 0 saturated carbocycles. The Balaban J connectivity index is 2.00. The Kier molecular flexibility index (Phi) is 5.49. The highest BCUT2D eigenvalue weighted by molar-refractivity contribution is 7.22. The lowest BCUT2D eigenvalue weighted by molar-refractivity contribution is -0.856. The van der Waals surface area contributed by atoms with Crippen LogP contribution in [0.3, 0.4) is 0 Å². The first-order valence-corrected chi connectivity index (χ1v) is 9.11. The van der Waals surface area contributed by atoms with Crippen LogP contribution in [-0.2, 0) is 0 Å². The van der Waals surface area contributed by atoms with E-state index < -0.39 is 0 Å². The van der Waals surface area contributed by atoms with Crippen molar-refractivity contribution < 1.29 is 18.8 Å². The van der Waals surface area contributed by atoms with E-state index in [-0.39, 0.29) is 11.7 Å². The van der Waals surface area contributed by atoms with E-state index >= 15 is 0 Å². The maximum atomic E-state index is 14.0. The lowest BCUT2D eigenvalue weighted by Crippen LogP contribution is -3.06. The van der Waals surface area contributed by atoms with Gasteiger partial charge in [0.15, 0.2) is 5.13 Å². The van der Waals surface area contributed by atoms with Crippen LogP contribution in [0.5, 0.6) is 5.75 Å². The predicted octanol–water partition coefficient (Wildman–Crippen LogP) is 2.24. The topological polar surface area (TPSA) is 46.9 Å². The summed E-state index contributed by atoms with van der Waals surface area (Å²) in [5, 5.41) is 0.499. The van der Waals surface area contributed by atoms with Crippen molar-refractivity contribution in [2.45, 2.75) is 0 Å². The van der Waals surface area contributed by atoms with E-state index in [1.165, 1.54) is 22.3 Å². The molecule has 3 rings (SSSR count). The lowest BCUT2D eigenvalue weighted by atomic mass is 10.2. The fourth-order valence-corrected chi connectivity index (χ4v) is 3.55.